The van der Waals surface area contributed by atoms with Crippen LogP contribution in [0.15, 0.2) is 60.8 Å². The monoisotopic (exact) mass is 766 g/mol. The highest BCUT2D eigenvalue weighted by Gasteiger charge is 2.26. The zero-order valence-electron chi connectivity index (χ0n) is 33.9. The number of ether oxygens (including phenoxy) is 2. The molecule has 0 aliphatic heterocycles. The largest absolute Gasteiger partial charge is 0.472 e. The van der Waals surface area contributed by atoms with Crippen molar-refractivity contribution in [3.8, 4) is 0 Å². The first-order valence-electron chi connectivity index (χ1n) is 20.6. The van der Waals surface area contributed by atoms with Crippen molar-refractivity contribution in [3.05, 3.63) is 60.8 Å². The summed E-state index contributed by atoms with van der Waals surface area (Å²) < 4.78 is 33.3. The van der Waals surface area contributed by atoms with Gasteiger partial charge in [-0.05, 0) is 65.5 Å². The maximum atomic E-state index is 12.6. The van der Waals surface area contributed by atoms with Gasteiger partial charge in [-0.1, -0.05) is 152 Å². The van der Waals surface area contributed by atoms with Gasteiger partial charge in [0.25, 0.3) is 0 Å². The fourth-order valence-corrected chi connectivity index (χ4v) is 5.93. The number of esters is 2. The van der Waals surface area contributed by atoms with Gasteiger partial charge in [-0.2, -0.15) is 0 Å². The second kappa shape index (κ2) is 38.0. The molecule has 2 atom stereocenters. The number of allylic oxidation sites excluding steroid dienone is 10. The average molecular weight is 766 g/mol. The van der Waals surface area contributed by atoms with Crippen LogP contribution < -0.4 is 0 Å². The zero-order valence-corrected chi connectivity index (χ0v) is 34.8. The number of rotatable bonds is 37. The smallest absolute Gasteiger partial charge is 0.462 e. The standard InChI is InChI=1S/C43H76NO8P/c1-5-7-9-11-13-15-17-19-20-21-22-24-25-27-29-31-33-35-42(45)49-39-41(40-51-53(47,48)50-38-37-44(3)4)52-43(46)36-34-32-30-28-26-23-18-16-14-12-10-8-6-2/h7,9,13,15,19-20,22,24,27,29,41H,5-6,8,10-12,14,16-18,21,23,25-26,28,30-40H2,1-4H3,(H,47,48)/b9-7-,15-13-,20-19-,24-22-,29-27-. The van der Waals surface area contributed by atoms with E-state index in [9.17, 15) is 19.0 Å². The number of hydrogen-bond acceptors (Lipinski definition) is 8. The van der Waals surface area contributed by atoms with Crippen molar-refractivity contribution >= 4 is 19.8 Å². The summed E-state index contributed by atoms with van der Waals surface area (Å²) >= 11 is 0. The molecule has 9 nitrogen and oxygen atoms in total. The van der Waals surface area contributed by atoms with E-state index in [1.807, 2.05) is 19.0 Å². The minimum Gasteiger partial charge on any atom is -0.462 e. The van der Waals surface area contributed by atoms with Crippen molar-refractivity contribution in [2.24, 2.45) is 0 Å². The number of hydrogen-bond donors (Lipinski definition) is 1. The van der Waals surface area contributed by atoms with E-state index in [-0.39, 0.29) is 26.1 Å². The van der Waals surface area contributed by atoms with E-state index in [1.54, 1.807) is 0 Å². The Morgan fingerprint density at radius 3 is 1.58 bits per heavy atom. The van der Waals surface area contributed by atoms with Crippen LogP contribution in [0, 0.1) is 0 Å². The molecule has 53 heavy (non-hydrogen) atoms. The fraction of sp³-hybridized carbons (Fsp3) is 0.721. The first kappa shape index (κ1) is 50.7. The minimum atomic E-state index is -4.37. The van der Waals surface area contributed by atoms with Gasteiger partial charge in [-0.15, -0.1) is 0 Å². The van der Waals surface area contributed by atoms with E-state index in [0.29, 0.717) is 19.4 Å². The van der Waals surface area contributed by atoms with Gasteiger partial charge in [0.2, 0.25) is 0 Å². The molecule has 0 aliphatic rings. The number of likely N-dealkylation sites (N-methyl/N-ethyl adjacent to an activating group) is 1. The SMILES string of the molecule is CC/C=C\C/C=C\C/C=C\C/C=C\C/C=C\CCCC(=O)OCC(COP(=O)(O)OCCN(C)C)OC(=O)CCCCCCCCCCCCCCC. The Hall–Kier alpha value is -2.29. The van der Waals surface area contributed by atoms with Gasteiger partial charge in [0.05, 0.1) is 13.2 Å². The second-order valence-corrected chi connectivity index (χ2v) is 15.2. The highest BCUT2D eigenvalue weighted by Crippen LogP contribution is 2.43. The summed E-state index contributed by atoms with van der Waals surface area (Å²) in [4.78, 5) is 36.9. The molecule has 306 valence electrons. The minimum absolute atomic E-state index is 0.00282. The maximum Gasteiger partial charge on any atom is 0.472 e. The Bertz CT molecular complexity index is 1070. The Kier molecular flexibility index (Phi) is 36.4. The molecule has 0 amide bonds. The van der Waals surface area contributed by atoms with E-state index in [1.165, 1.54) is 57.8 Å². The Balaban J connectivity index is 4.42. The quantitative estimate of drug-likeness (QED) is 0.0286. The van der Waals surface area contributed by atoms with Crippen LogP contribution in [0.1, 0.15) is 155 Å². The third-order valence-corrected chi connectivity index (χ3v) is 9.32. The molecule has 0 aromatic heterocycles. The topological polar surface area (TPSA) is 112 Å². The number of unbranched alkanes of at least 4 members (excludes halogenated alkanes) is 13. The van der Waals surface area contributed by atoms with Gasteiger partial charge < -0.3 is 19.3 Å². The summed E-state index contributed by atoms with van der Waals surface area (Å²) in [5.41, 5.74) is 0. The van der Waals surface area contributed by atoms with Gasteiger partial charge in [0.1, 0.15) is 6.61 Å². The molecule has 0 saturated heterocycles. The van der Waals surface area contributed by atoms with Crippen molar-refractivity contribution in [2.45, 2.75) is 161 Å². The van der Waals surface area contributed by atoms with Crippen molar-refractivity contribution in [2.75, 3.05) is 40.5 Å². The summed E-state index contributed by atoms with van der Waals surface area (Å²) in [5, 5.41) is 0. The van der Waals surface area contributed by atoms with Crippen LogP contribution in [-0.4, -0.2) is 68.3 Å². The molecule has 0 bridgehead atoms. The van der Waals surface area contributed by atoms with Crippen molar-refractivity contribution < 1.29 is 37.6 Å². The molecule has 0 aromatic carbocycles. The lowest BCUT2D eigenvalue weighted by Gasteiger charge is -2.20. The van der Waals surface area contributed by atoms with Crippen molar-refractivity contribution in [1.82, 2.24) is 4.90 Å². The van der Waals surface area contributed by atoms with Crippen LogP contribution in [-0.2, 0) is 32.7 Å². The number of carbonyl (C=O) groups excluding carboxylic acids is 2. The summed E-state index contributed by atoms with van der Waals surface area (Å²) in [5.74, 6) is -0.873. The molecule has 0 rings (SSSR count). The molecule has 0 spiro atoms. The Morgan fingerprint density at radius 2 is 1.08 bits per heavy atom. The zero-order chi connectivity index (χ0) is 39.1. The molecular weight excluding hydrogens is 689 g/mol. The van der Waals surface area contributed by atoms with E-state index in [4.69, 9.17) is 18.5 Å². The number of phosphoric ester groups is 1. The average Bonchev–Trinajstić information content (AvgIpc) is 3.12. The lowest BCUT2D eigenvalue weighted by molar-refractivity contribution is -0.161. The fourth-order valence-electron chi connectivity index (χ4n) is 5.19. The van der Waals surface area contributed by atoms with Gasteiger partial charge >= 0.3 is 19.8 Å². The van der Waals surface area contributed by atoms with E-state index in [2.05, 4.69) is 74.6 Å². The van der Waals surface area contributed by atoms with Crippen LogP contribution in [0.5, 0.6) is 0 Å². The highest BCUT2D eigenvalue weighted by atomic mass is 31.2. The first-order valence-corrected chi connectivity index (χ1v) is 22.1. The van der Waals surface area contributed by atoms with E-state index in [0.717, 1.165) is 57.8 Å². The van der Waals surface area contributed by atoms with Gasteiger partial charge in [-0.25, -0.2) is 4.57 Å². The first-order chi connectivity index (χ1) is 25.7. The summed E-state index contributed by atoms with van der Waals surface area (Å²) in [7, 11) is -0.738. The predicted molar refractivity (Wildman–Crippen MR) is 220 cm³/mol. The van der Waals surface area contributed by atoms with Crippen LogP contribution in [0.3, 0.4) is 0 Å². The molecule has 0 aromatic rings. The normalized spacial score (nSPS) is 14.1. The van der Waals surface area contributed by atoms with E-state index < -0.39 is 32.5 Å². The third kappa shape index (κ3) is 39.2. The lowest BCUT2D eigenvalue weighted by atomic mass is 10.0. The highest BCUT2D eigenvalue weighted by molar-refractivity contribution is 7.47. The van der Waals surface area contributed by atoms with Gasteiger partial charge in [0.15, 0.2) is 6.10 Å². The number of phosphoric acid groups is 1. The Morgan fingerprint density at radius 1 is 0.604 bits per heavy atom. The van der Waals surface area contributed by atoms with Crippen LogP contribution in [0.25, 0.3) is 0 Å². The van der Waals surface area contributed by atoms with Gasteiger partial charge in [0, 0.05) is 19.4 Å². The number of nitrogens with zero attached hydrogens (tertiary/aromatic N) is 1. The molecule has 10 heteroatoms. The summed E-state index contributed by atoms with van der Waals surface area (Å²) in [6, 6.07) is 0. The molecule has 0 radical (unpaired) electrons. The van der Waals surface area contributed by atoms with Crippen LogP contribution >= 0.6 is 7.82 Å². The molecule has 0 aliphatic carbocycles. The van der Waals surface area contributed by atoms with Crippen molar-refractivity contribution in [1.29, 1.82) is 0 Å². The second-order valence-electron chi connectivity index (χ2n) is 13.8. The predicted octanol–water partition coefficient (Wildman–Crippen LogP) is 11.5. The van der Waals surface area contributed by atoms with Crippen molar-refractivity contribution in [3.63, 3.8) is 0 Å². The third-order valence-electron chi connectivity index (χ3n) is 8.34. The molecule has 0 fully saturated rings. The molecule has 2 unspecified atom stereocenters. The van der Waals surface area contributed by atoms with Crippen LogP contribution in [0.4, 0.5) is 0 Å². The molecular formula is C43H76NO8P. The molecule has 1 N–H and O–H groups in total. The molecule has 0 saturated carbocycles. The maximum absolute atomic E-state index is 12.6. The van der Waals surface area contributed by atoms with Gasteiger partial charge in [-0.3, -0.25) is 18.6 Å². The van der Waals surface area contributed by atoms with Crippen LogP contribution in [0.2, 0.25) is 0 Å². The lowest BCUT2D eigenvalue weighted by Crippen LogP contribution is -2.29. The number of carbonyl (C=O) groups is 2. The Labute approximate surface area is 323 Å². The summed E-state index contributed by atoms with van der Waals surface area (Å²) in [6.45, 7) is 4.13. The summed E-state index contributed by atoms with van der Waals surface area (Å²) in [6.07, 6.45) is 42.7. The van der Waals surface area contributed by atoms with E-state index >= 15 is 0 Å². The molecule has 0 heterocycles.